The average Bonchev–Trinajstić information content (AvgIpc) is 2.37. The number of nitrogens with zero attached hydrogens (tertiary/aromatic N) is 1. The SMILES string of the molecule is C[C@H]1CN[C@@H](c2ccccc2)[C@H](C)[C@]1(O)C#N. The Morgan fingerprint density at radius 2 is 2.00 bits per heavy atom. The minimum Gasteiger partial charge on any atom is -0.375 e. The van der Waals surface area contributed by atoms with Crippen molar-refractivity contribution in [3.05, 3.63) is 35.9 Å². The van der Waals surface area contributed by atoms with Gasteiger partial charge in [0.25, 0.3) is 0 Å². The first kappa shape index (κ1) is 12.1. The van der Waals surface area contributed by atoms with Gasteiger partial charge in [0.15, 0.2) is 5.60 Å². The van der Waals surface area contributed by atoms with E-state index >= 15 is 0 Å². The van der Waals surface area contributed by atoms with Crippen molar-refractivity contribution in [1.29, 1.82) is 5.26 Å². The van der Waals surface area contributed by atoms with E-state index in [0.29, 0.717) is 6.54 Å². The zero-order chi connectivity index (χ0) is 12.5. The van der Waals surface area contributed by atoms with Gasteiger partial charge >= 0.3 is 0 Å². The van der Waals surface area contributed by atoms with Crippen LogP contribution in [0.1, 0.15) is 25.5 Å². The zero-order valence-electron chi connectivity index (χ0n) is 10.2. The average molecular weight is 230 g/mol. The normalized spacial score (nSPS) is 37.4. The quantitative estimate of drug-likeness (QED) is 0.724. The van der Waals surface area contributed by atoms with Crippen molar-refractivity contribution < 1.29 is 5.11 Å². The minimum atomic E-state index is -1.24. The highest BCUT2D eigenvalue weighted by atomic mass is 16.3. The fourth-order valence-corrected chi connectivity index (χ4v) is 2.62. The molecule has 3 heteroatoms. The lowest BCUT2D eigenvalue weighted by Crippen LogP contribution is -2.55. The predicted octanol–water partition coefficient (Wildman–Crippen LogP) is 1.86. The lowest BCUT2D eigenvalue weighted by Gasteiger charge is -2.43. The van der Waals surface area contributed by atoms with E-state index in [2.05, 4.69) is 11.4 Å². The van der Waals surface area contributed by atoms with Gasteiger partial charge in [0.1, 0.15) is 0 Å². The smallest absolute Gasteiger partial charge is 0.159 e. The molecule has 1 fully saturated rings. The van der Waals surface area contributed by atoms with Crippen LogP contribution in [0.4, 0.5) is 0 Å². The summed E-state index contributed by atoms with van der Waals surface area (Å²) in [6, 6.07) is 12.1. The molecular formula is C14H18N2O. The van der Waals surface area contributed by atoms with E-state index in [9.17, 15) is 10.4 Å². The molecule has 2 rings (SSSR count). The van der Waals surface area contributed by atoms with Crippen molar-refractivity contribution in [2.24, 2.45) is 11.8 Å². The summed E-state index contributed by atoms with van der Waals surface area (Å²) >= 11 is 0. The van der Waals surface area contributed by atoms with Gasteiger partial charge in [0.05, 0.1) is 6.07 Å². The van der Waals surface area contributed by atoms with Crippen molar-refractivity contribution >= 4 is 0 Å². The first-order chi connectivity index (χ1) is 8.09. The lowest BCUT2D eigenvalue weighted by atomic mass is 9.71. The maximum atomic E-state index is 10.4. The van der Waals surface area contributed by atoms with Crippen molar-refractivity contribution in [3.8, 4) is 6.07 Å². The summed E-state index contributed by atoms with van der Waals surface area (Å²) in [5.41, 5.74) is -0.119. The Morgan fingerprint density at radius 1 is 1.35 bits per heavy atom. The van der Waals surface area contributed by atoms with Gasteiger partial charge in [-0.25, -0.2) is 0 Å². The van der Waals surface area contributed by atoms with Crippen LogP contribution in [0.5, 0.6) is 0 Å². The number of nitrogens with one attached hydrogen (secondary N) is 1. The third kappa shape index (κ3) is 1.95. The van der Waals surface area contributed by atoms with Crippen molar-refractivity contribution in [1.82, 2.24) is 5.32 Å². The summed E-state index contributed by atoms with van der Waals surface area (Å²) in [6.07, 6.45) is 0. The Bertz CT molecular complexity index is 426. The first-order valence-electron chi connectivity index (χ1n) is 6.01. The molecule has 0 saturated carbocycles. The van der Waals surface area contributed by atoms with Crippen LogP contribution in [0.2, 0.25) is 0 Å². The van der Waals surface area contributed by atoms with Crippen LogP contribution in [0.15, 0.2) is 30.3 Å². The molecule has 1 aliphatic rings. The summed E-state index contributed by atoms with van der Waals surface area (Å²) in [4.78, 5) is 0. The summed E-state index contributed by atoms with van der Waals surface area (Å²) in [5.74, 6) is -0.180. The van der Waals surface area contributed by atoms with Crippen LogP contribution in [0.25, 0.3) is 0 Å². The van der Waals surface area contributed by atoms with Crippen LogP contribution < -0.4 is 5.32 Å². The van der Waals surface area contributed by atoms with Gasteiger partial charge in [0, 0.05) is 24.4 Å². The van der Waals surface area contributed by atoms with Gasteiger partial charge < -0.3 is 10.4 Å². The largest absolute Gasteiger partial charge is 0.375 e. The van der Waals surface area contributed by atoms with Crippen molar-refractivity contribution in [2.45, 2.75) is 25.5 Å². The predicted molar refractivity (Wildman–Crippen MR) is 66.1 cm³/mol. The first-order valence-corrected chi connectivity index (χ1v) is 6.01. The van der Waals surface area contributed by atoms with Crippen molar-refractivity contribution in [2.75, 3.05) is 6.54 Å². The summed E-state index contributed by atoms with van der Waals surface area (Å²) in [7, 11) is 0. The van der Waals surface area contributed by atoms with Gasteiger partial charge in [-0.1, -0.05) is 44.2 Å². The highest BCUT2D eigenvalue weighted by molar-refractivity contribution is 5.24. The molecule has 1 aromatic rings. The van der Waals surface area contributed by atoms with E-state index in [4.69, 9.17) is 0 Å². The molecule has 90 valence electrons. The molecule has 0 aliphatic carbocycles. The van der Waals surface area contributed by atoms with Gasteiger partial charge in [-0.05, 0) is 5.56 Å². The van der Waals surface area contributed by atoms with Crippen LogP contribution in [-0.2, 0) is 0 Å². The summed E-state index contributed by atoms with van der Waals surface area (Å²) < 4.78 is 0. The molecular weight excluding hydrogens is 212 g/mol. The molecule has 0 unspecified atom stereocenters. The monoisotopic (exact) mass is 230 g/mol. The standard InChI is InChI=1S/C14H18N2O/c1-10-8-16-13(11(2)14(10,17)9-15)12-6-4-3-5-7-12/h3-7,10-11,13,16-17H,8H2,1-2H3/t10-,11-,13+,14-/m0/s1. The topological polar surface area (TPSA) is 56.0 Å². The number of benzene rings is 1. The molecule has 4 atom stereocenters. The summed E-state index contributed by atoms with van der Waals surface area (Å²) in [5, 5.41) is 23.1. The number of rotatable bonds is 1. The van der Waals surface area contributed by atoms with Crippen molar-refractivity contribution in [3.63, 3.8) is 0 Å². The Labute approximate surface area is 102 Å². The van der Waals surface area contributed by atoms with E-state index in [1.54, 1.807) is 0 Å². The number of piperidine rings is 1. The van der Waals surface area contributed by atoms with Gasteiger partial charge in [-0.3, -0.25) is 0 Å². The maximum absolute atomic E-state index is 10.4. The number of nitriles is 1. The molecule has 17 heavy (non-hydrogen) atoms. The van der Waals surface area contributed by atoms with E-state index in [0.717, 1.165) is 5.56 Å². The van der Waals surface area contributed by atoms with E-state index in [1.807, 2.05) is 44.2 Å². The molecule has 1 aliphatic heterocycles. The third-order valence-corrected chi connectivity index (χ3v) is 3.93. The molecule has 0 amide bonds. The third-order valence-electron chi connectivity index (χ3n) is 3.93. The van der Waals surface area contributed by atoms with E-state index < -0.39 is 5.60 Å². The van der Waals surface area contributed by atoms with Gasteiger partial charge in [-0.15, -0.1) is 0 Å². The maximum Gasteiger partial charge on any atom is 0.159 e. The molecule has 1 aromatic carbocycles. The van der Waals surface area contributed by atoms with E-state index in [-0.39, 0.29) is 17.9 Å². The second-order valence-electron chi connectivity index (χ2n) is 4.92. The molecule has 0 radical (unpaired) electrons. The molecule has 3 nitrogen and oxygen atoms in total. The Kier molecular flexibility index (Phi) is 3.19. The van der Waals surface area contributed by atoms with Crippen LogP contribution in [0, 0.1) is 23.2 Å². The second kappa shape index (κ2) is 4.48. The minimum absolute atomic E-state index is 0.0389. The van der Waals surface area contributed by atoms with Crippen LogP contribution in [-0.4, -0.2) is 17.3 Å². The number of aliphatic hydroxyl groups is 1. The zero-order valence-corrected chi connectivity index (χ0v) is 10.2. The van der Waals surface area contributed by atoms with Crippen LogP contribution >= 0.6 is 0 Å². The molecule has 1 heterocycles. The Balaban J connectivity index is 2.31. The lowest BCUT2D eigenvalue weighted by molar-refractivity contribution is -0.0446. The van der Waals surface area contributed by atoms with Gasteiger partial charge in [-0.2, -0.15) is 5.26 Å². The molecule has 0 spiro atoms. The molecule has 1 saturated heterocycles. The fraction of sp³-hybridized carbons (Fsp3) is 0.500. The highest BCUT2D eigenvalue weighted by Gasteiger charge is 2.47. The molecule has 0 aromatic heterocycles. The summed E-state index contributed by atoms with van der Waals surface area (Å²) in [6.45, 7) is 4.51. The Morgan fingerprint density at radius 3 is 2.59 bits per heavy atom. The molecule has 0 bridgehead atoms. The highest BCUT2D eigenvalue weighted by Crippen LogP contribution is 2.38. The number of hydrogen-bond donors (Lipinski definition) is 2. The molecule has 2 N–H and O–H groups in total. The fourth-order valence-electron chi connectivity index (χ4n) is 2.62. The van der Waals surface area contributed by atoms with Gasteiger partial charge in [0.2, 0.25) is 0 Å². The van der Waals surface area contributed by atoms with Crippen LogP contribution in [0.3, 0.4) is 0 Å². The Hall–Kier alpha value is -1.37. The second-order valence-corrected chi connectivity index (χ2v) is 4.92. The van der Waals surface area contributed by atoms with E-state index in [1.165, 1.54) is 0 Å². The number of hydrogen-bond acceptors (Lipinski definition) is 3.